The van der Waals surface area contributed by atoms with Crippen LogP contribution in [-0.4, -0.2) is 23.0 Å². The molecular formula is C20H26F3NO3. The zero-order chi connectivity index (χ0) is 20.3. The number of halogens is 3. The average Bonchev–Trinajstić information content (AvgIpc) is 2.60. The molecule has 0 saturated carbocycles. The summed E-state index contributed by atoms with van der Waals surface area (Å²) in [6.07, 6.45) is 3.28. The van der Waals surface area contributed by atoms with Crippen molar-refractivity contribution in [2.24, 2.45) is 0 Å². The predicted molar refractivity (Wildman–Crippen MR) is 99.3 cm³/mol. The van der Waals surface area contributed by atoms with Gasteiger partial charge in [-0.25, -0.2) is 0 Å². The van der Waals surface area contributed by atoms with Crippen LogP contribution < -0.4 is 5.32 Å². The Morgan fingerprint density at radius 1 is 1.00 bits per heavy atom. The molecule has 1 aromatic carbocycles. The number of nitrogens with one attached hydrogen (secondary N) is 1. The number of carbonyl (C=O) groups is 2. The fraction of sp³-hybridized carbons (Fsp3) is 0.500. The van der Waals surface area contributed by atoms with Crippen molar-refractivity contribution in [3.05, 3.63) is 35.9 Å². The van der Waals surface area contributed by atoms with Crippen LogP contribution in [0.3, 0.4) is 0 Å². The smallest absolute Gasteiger partial charge is 0.454 e. The minimum Gasteiger partial charge on any atom is -0.507 e. The summed E-state index contributed by atoms with van der Waals surface area (Å²) >= 11 is 0. The summed E-state index contributed by atoms with van der Waals surface area (Å²) in [4.78, 5) is 22.7. The van der Waals surface area contributed by atoms with Gasteiger partial charge in [-0.1, -0.05) is 45.4 Å². The van der Waals surface area contributed by atoms with E-state index < -0.39 is 17.7 Å². The molecule has 0 fully saturated rings. The summed E-state index contributed by atoms with van der Waals surface area (Å²) < 4.78 is 36.6. The minimum absolute atomic E-state index is 0.0534. The third-order valence-electron chi connectivity index (χ3n) is 4.02. The number of hydrogen-bond donors (Lipinski definition) is 2. The SMILES string of the molecule is CCCCCCCCCC(=O)Nc1ccc(/C(O)=C/C(=O)C(F)(F)F)cc1. The lowest BCUT2D eigenvalue weighted by Gasteiger charge is -2.07. The molecule has 4 nitrogen and oxygen atoms in total. The monoisotopic (exact) mass is 385 g/mol. The predicted octanol–water partition coefficient (Wildman–Crippen LogP) is 5.80. The maximum Gasteiger partial charge on any atom is 0.454 e. The van der Waals surface area contributed by atoms with E-state index in [0.717, 1.165) is 19.3 Å². The second kappa shape index (κ2) is 11.4. The molecule has 0 heterocycles. The number of amides is 1. The van der Waals surface area contributed by atoms with E-state index in [1.807, 2.05) is 0 Å². The van der Waals surface area contributed by atoms with Gasteiger partial charge in [-0.15, -0.1) is 0 Å². The number of allylic oxidation sites excluding steroid dienone is 1. The Morgan fingerprint density at radius 2 is 1.56 bits per heavy atom. The Hall–Kier alpha value is -2.31. The molecular weight excluding hydrogens is 359 g/mol. The molecule has 0 aliphatic rings. The third-order valence-corrected chi connectivity index (χ3v) is 4.02. The van der Waals surface area contributed by atoms with Gasteiger partial charge in [-0.2, -0.15) is 13.2 Å². The number of aliphatic hydroxyl groups is 1. The van der Waals surface area contributed by atoms with E-state index in [9.17, 15) is 27.9 Å². The van der Waals surface area contributed by atoms with Crippen molar-refractivity contribution in [1.82, 2.24) is 0 Å². The Balaban J connectivity index is 2.42. The molecule has 0 aliphatic carbocycles. The second-order valence-electron chi connectivity index (χ2n) is 6.39. The van der Waals surface area contributed by atoms with Crippen molar-refractivity contribution in [3.8, 4) is 0 Å². The highest BCUT2D eigenvalue weighted by Gasteiger charge is 2.36. The second-order valence-corrected chi connectivity index (χ2v) is 6.39. The first kappa shape index (κ1) is 22.7. The van der Waals surface area contributed by atoms with Crippen molar-refractivity contribution in [1.29, 1.82) is 0 Å². The van der Waals surface area contributed by atoms with Crippen LogP contribution in [0.1, 0.15) is 63.9 Å². The van der Waals surface area contributed by atoms with Gasteiger partial charge in [0.2, 0.25) is 5.91 Å². The number of unbranched alkanes of at least 4 members (excludes halogenated alkanes) is 6. The molecule has 0 unspecified atom stereocenters. The molecule has 0 bridgehead atoms. The van der Waals surface area contributed by atoms with Gasteiger partial charge < -0.3 is 10.4 Å². The average molecular weight is 385 g/mol. The van der Waals surface area contributed by atoms with Crippen LogP contribution in [0.4, 0.5) is 18.9 Å². The largest absolute Gasteiger partial charge is 0.507 e. The van der Waals surface area contributed by atoms with Crippen molar-refractivity contribution in [2.45, 2.75) is 64.5 Å². The lowest BCUT2D eigenvalue weighted by Crippen LogP contribution is -2.20. The number of carbonyl (C=O) groups excluding carboxylic acids is 2. The highest BCUT2D eigenvalue weighted by Crippen LogP contribution is 2.21. The van der Waals surface area contributed by atoms with Gasteiger partial charge in [0, 0.05) is 23.7 Å². The topological polar surface area (TPSA) is 66.4 Å². The molecule has 0 atom stereocenters. The van der Waals surface area contributed by atoms with E-state index >= 15 is 0 Å². The van der Waals surface area contributed by atoms with Gasteiger partial charge in [0.05, 0.1) is 0 Å². The quantitative estimate of drug-likeness (QED) is 0.288. The highest BCUT2D eigenvalue weighted by molar-refractivity contribution is 5.99. The molecule has 0 saturated heterocycles. The number of anilines is 1. The molecule has 0 aromatic heterocycles. The first-order valence-electron chi connectivity index (χ1n) is 9.16. The summed E-state index contributed by atoms with van der Waals surface area (Å²) in [5.41, 5.74) is 0.527. The van der Waals surface area contributed by atoms with E-state index in [1.54, 1.807) is 0 Å². The Bertz CT molecular complexity index is 637. The summed E-state index contributed by atoms with van der Waals surface area (Å²) in [5, 5.41) is 12.3. The zero-order valence-electron chi connectivity index (χ0n) is 15.4. The number of ketones is 1. The van der Waals surface area contributed by atoms with Crippen molar-refractivity contribution in [3.63, 3.8) is 0 Å². The van der Waals surface area contributed by atoms with Gasteiger partial charge in [-0.05, 0) is 30.7 Å². The molecule has 0 radical (unpaired) electrons. The number of rotatable bonds is 11. The normalized spacial score (nSPS) is 12.1. The van der Waals surface area contributed by atoms with Crippen LogP contribution in [-0.2, 0) is 9.59 Å². The van der Waals surface area contributed by atoms with Crippen molar-refractivity contribution in [2.75, 3.05) is 5.32 Å². The first-order valence-corrected chi connectivity index (χ1v) is 9.16. The van der Waals surface area contributed by atoms with E-state index in [2.05, 4.69) is 12.2 Å². The van der Waals surface area contributed by atoms with Crippen molar-refractivity contribution >= 4 is 23.1 Å². The minimum atomic E-state index is -5.03. The summed E-state index contributed by atoms with van der Waals surface area (Å²) in [6.45, 7) is 2.16. The standard InChI is InChI=1S/C20H26F3NO3/c1-2-3-4-5-6-7-8-9-19(27)24-16-12-10-15(11-13-16)17(25)14-18(26)20(21,22)23/h10-14,25H,2-9H2,1H3,(H,24,27)/b17-14-. The lowest BCUT2D eigenvalue weighted by molar-refractivity contribution is -0.165. The van der Waals surface area contributed by atoms with E-state index in [1.165, 1.54) is 49.9 Å². The van der Waals surface area contributed by atoms with Crippen LogP contribution >= 0.6 is 0 Å². The van der Waals surface area contributed by atoms with Crippen LogP contribution in [0.2, 0.25) is 0 Å². The summed E-state index contributed by atoms with van der Waals surface area (Å²) in [7, 11) is 0. The molecule has 7 heteroatoms. The maximum absolute atomic E-state index is 12.2. The van der Waals surface area contributed by atoms with Gasteiger partial charge in [-0.3, -0.25) is 9.59 Å². The number of aliphatic hydroxyl groups excluding tert-OH is 1. The first-order chi connectivity index (χ1) is 12.7. The van der Waals surface area contributed by atoms with Crippen LogP contribution in [0, 0.1) is 0 Å². The molecule has 0 aliphatic heterocycles. The van der Waals surface area contributed by atoms with Gasteiger partial charge >= 0.3 is 6.18 Å². The Labute approximate surface area is 157 Å². The zero-order valence-corrected chi connectivity index (χ0v) is 15.4. The molecule has 27 heavy (non-hydrogen) atoms. The molecule has 1 aromatic rings. The fourth-order valence-corrected chi connectivity index (χ4v) is 2.48. The van der Waals surface area contributed by atoms with E-state index in [4.69, 9.17) is 0 Å². The van der Waals surface area contributed by atoms with Crippen LogP contribution in [0.25, 0.3) is 5.76 Å². The highest BCUT2D eigenvalue weighted by atomic mass is 19.4. The Morgan fingerprint density at radius 3 is 2.11 bits per heavy atom. The van der Waals surface area contributed by atoms with Crippen LogP contribution in [0.15, 0.2) is 30.3 Å². The van der Waals surface area contributed by atoms with Gasteiger partial charge in [0.15, 0.2) is 0 Å². The summed E-state index contributed by atoms with van der Waals surface area (Å²) in [5.74, 6) is -3.05. The summed E-state index contributed by atoms with van der Waals surface area (Å²) in [6, 6.07) is 5.58. The number of alkyl halides is 3. The fourth-order valence-electron chi connectivity index (χ4n) is 2.48. The molecule has 0 spiro atoms. The molecule has 150 valence electrons. The molecule has 1 amide bonds. The number of benzene rings is 1. The third kappa shape index (κ3) is 9.26. The van der Waals surface area contributed by atoms with Crippen molar-refractivity contribution < 1.29 is 27.9 Å². The lowest BCUT2D eigenvalue weighted by atomic mass is 10.1. The van der Waals surface area contributed by atoms with E-state index in [-0.39, 0.29) is 17.5 Å². The van der Waals surface area contributed by atoms with Crippen LogP contribution in [0.5, 0.6) is 0 Å². The molecule has 2 N–H and O–H groups in total. The van der Waals surface area contributed by atoms with Gasteiger partial charge in [0.25, 0.3) is 5.78 Å². The van der Waals surface area contributed by atoms with E-state index in [0.29, 0.717) is 12.1 Å². The Kier molecular flexibility index (Phi) is 9.61. The number of hydrogen-bond acceptors (Lipinski definition) is 3. The van der Waals surface area contributed by atoms with Gasteiger partial charge in [0.1, 0.15) is 5.76 Å². The molecule has 1 rings (SSSR count). The maximum atomic E-state index is 12.2.